The number of fused-ring (bicyclic) bond motifs is 2. The molecule has 2 aliphatic rings. The molecule has 6 aromatic carbocycles. The molecule has 6 amide bonds. The first-order chi connectivity index (χ1) is 29.1. The molecule has 4 N–H and O–H groups in total. The van der Waals surface area contributed by atoms with Crippen molar-refractivity contribution in [2.24, 2.45) is 0 Å². The first kappa shape index (κ1) is 39.3. The Kier molecular flexibility index (Phi) is 9.64. The number of nitrogens with zero attached hydrogens (tertiary/aromatic N) is 2. The van der Waals surface area contributed by atoms with Crippen LogP contribution >= 0.6 is 0 Å². The molecule has 0 spiro atoms. The average molecular weight is 835 g/mol. The lowest BCUT2D eigenvalue weighted by atomic mass is 10.0. The number of nitrogens with one attached hydrogen (secondary N) is 2. The van der Waals surface area contributed by atoms with E-state index in [1.807, 2.05) is 0 Å². The summed E-state index contributed by atoms with van der Waals surface area (Å²) in [6.07, 6.45) is 0. The van der Waals surface area contributed by atoms with E-state index in [-0.39, 0.29) is 77.0 Å². The molecule has 2 heterocycles. The summed E-state index contributed by atoms with van der Waals surface area (Å²) in [7, 11) is -4.22. The van der Waals surface area contributed by atoms with Gasteiger partial charge in [-0.25, -0.2) is 27.8 Å². The predicted octanol–water partition coefficient (Wildman–Crippen LogP) is 6.02. The number of sulfone groups is 1. The van der Waals surface area contributed by atoms with E-state index in [0.717, 1.165) is 9.80 Å². The zero-order valence-corrected chi connectivity index (χ0v) is 31.8. The number of hydrogen-bond acceptors (Lipinski definition) is 10. The molecule has 6 aromatic rings. The third kappa shape index (κ3) is 6.85. The Labute approximate surface area is 344 Å². The molecule has 0 aromatic heterocycles. The molecule has 0 saturated heterocycles. The molecular weight excluding hydrogens is 809 g/mol. The van der Waals surface area contributed by atoms with E-state index in [2.05, 4.69) is 10.6 Å². The summed E-state index contributed by atoms with van der Waals surface area (Å²) in [5.74, 6) is -6.95. The van der Waals surface area contributed by atoms with Crippen LogP contribution in [0.5, 0.6) is 0 Å². The van der Waals surface area contributed by atoms with Crippen LogP contribution in [0, 0.1) is 0 Å². The molecule has 0 saturated carbocycles. The third-order valence-corrected chi connectivity index (χ3v) is 11.7. The number of carboxylic acids is 2. The lowest BCUT2D eigenvalue weighted by Gasteiger charge is -2.15. The van der Waals surface area contributed by atoms with Crippen LogP contribution in [0.3, 0.4) is 0 Å². The summed E-state index contributed by atoms with van der Waals surface area (Å²) in [6.45, 7) is 0. The van der Waals surface area contributed by atoms with Crippen molar-refractivity contribution in [1.82, 2.24) is 0 Å². The zero-order chi connectivity index (χ0) is 43.3. The Bertz CT molecular complexity index is 2870. The summed E-state index contributed by atoms with van der Waals surface area (Å²) in [6, 6.07) is 28.9. The second kappa shape index (κ2) is 15.0. The lowest BCUT2D eigenvalue weighted by molar-refractivity contribution is 0.0687. The van der Waals surface area contributed by atoms with Crippen LogP contribution in [0.2, 0.25) is 0 Å². The Morgan fingerprint density at radius 1 is 0.443 bits per heavy atom. The van der Waals surface area contributed by atoms with Gasteiger partial charge in [-0.2, -0.15) is 0 Å². The van der Waals surface area contributed by atoms with Gasteiger partial charge in [0.15, 0.2) is 0 Å². The molecule has 2 aliphatic heterocycles. The highest BCUT2D eigenvalue weighted by Gasteiger charge is 2.39. The summed E-state index contributed by atoms with van der Waals surface area (Å²) in [4.78, 5) is 104. The van der Waals surface area contributed by atoms with E-state index in [0.29, 0.717) is 0 Å². The van der Waals surface area contributed by atoms with Gasteiger partial charge in [0.25, 0.3) is 35.4 Å². The van der Waals surface area contributed by atoms with Gasteiger partial charge in [0, 0.05) is 11.1 Å². The van der Waals surface area contributed by atoms with Gasteiger partial charge in [-0.1, -0.05) is 24.3 Å². The van der Waals surface area contributed by atoms with Crippen LogP contribution in [0.15, 0.2) is 143 Å². The minimum Gasteiger partial charge on any atom is -0.478 e. The molecule has 16 nitrogen and oxygen atoms in total. The second-order valence-corrected chi connectivity index (χ2v) is 15.5. The Morgan fingerprint density at radius 3 is 1.15 bits per heavy atom. The van der Waals surface area contributed by atoms with Gasteiger partial charge < -0.3 is 20.8 Å². The molecule has 0 atom stereocenters. The third-order valence-electron chi connectivity index (χ3n) is 9.92. The van der Waals surface area contributed by atoms with Crippen molar-refractivity contribution in [3.8, 4) is 0 Å². The van der Waals surface area contributed by atoms with E-state index >= 15 is 0 Å². The van der Waals surface area contributed by atoms with Crippen LogP contribution in [0.25, 0.3) is 0 Å². The summed E-state index contributed by atoms with van der Waals surface area (Å²) in [5, 5.41) is 23.9. The minimum absolute atomic E-state index is 0.00703. The number of benzene rings is 6. The predicted molar refractivity (Wildman–Crippen MR) is 216 cm³/mol. The van der Waals surface area contributed by atoms with Crippen molar-refractivity contribution in [2.45, 2.75) is 9.79 Å². The van der Waals surface area contributed by atoms with Gasteiger partial charge in [0.2, 0.25) is 9.84 Å². The molecule has 0 radical (unpaired) electrons. The molecule has 300 valence electrons. The highest BCUT2D eigenvalue weighted by Crippen LogP contribution is 2.34. The molecule has 0 bridgehead atoms. The van der Waals surface area contributed by atoms with Crippen molar-refractivity contribution < 1.29 is 57.0 Å². The molecule has 17 heteroatoms. The topological polar surface area (TPSA) is 242 Å². The normalized spacial score (nSPS) is 13.2. The fourth-order valence-electron chi connectivity index (χ4n) is 6.86. The number of anilines is 4. The SMILES string of the molecule is O=C(Nc1ccccc1C(=O)O)c1ccc2c(c1)C(=O)N(c1ccc(S(=O)(=O)c3ccc(N4C(=O)c5ccc(C(=O)Nc6ccccc6C(=O)O)cc5C4=O)cc3)cc1)C2=O. The maximum absolute atomic E-state index is 13.7. The Hall–Kier alpha value is -8.57. The standard InChI is InChI=1S/C44H26N4O12S/c49-37(45-35-7-3-1-5-31(35)43(55)56)23-9-19-29-33(21-23)41(53)47(39(29)51)25-11-15-27(16-12-25)61(59,60)28-17-13-26(14-18-28)48-40(52)30-20-10-24(22-34(30)42(48)54)38(50)46-36-8-4-2-6-32(36)44(57)58/h1-22H,(H,45,49)(H,46,50)(H,55,56)(H,57,58). The van der Waals surface area contributed by atoms with Crippen LogP contribution in [0.4, 0.5) is 22.7 Å². The average Bonchev–Trinajstić information content (AvgIpc) is 3.66. The fraction of sp³-hybridized carbons (Fsp3) is 0. The number of amides is 6. The number of hydrogen-bond donors (Lipinski definition) is 4. The number of carbonyl (C=O) groups is 8. The number of rotatable bonds is 10. The minimum atomic E-state index is -4.22. The van der Waals surface area contributed by atoms with E-state index in [1.54, 1.807) is 0 Å². The van der Waals surface area contributed by atoms with Crippen molar-refractivity contribution in [3.63, 3.8) is 0 Å². The molecule has 8 rings (SSSR count). The van der Waals surface area contributed by atoms with Gasteiger partial charge in [-0.3, -0.25) is 28.8 Å². The van der Waals surface area contributed by atoms with Crippen LogP contribution in [-0.4, -0.2) is 66.0 Å². The van der Waals surface area contributed by atoms with Crippen LogP contribution < -0.4 is 20.4 Å². The van der Waals surface area contributed by atoms with E-state index < -0.39 is 57.2 Å². The smallest absolute Gasteiger partial charge is 0.337 e. The molecule has 0 fully saturated rings. The molecule has 61 heavy (non-hydrogen) atoms. The van der Waals surface area contributed by atoms with Gasteiger partial charge >= 0.3 is 11.9 Å². The molecule has 0 unspecified atom stereocenters. The molecular formula is C44H26N4O12S. The second-order valence-electron chi connectivity index (χ2n) is 13.5. The van der Waals surface area contributed by atoms with Crippen LogP contribution in [-0.2, 0) is 9.84 Å². The van der Waals surface area contributed by atoms with E-state index in [9.17, 15) is 57.0 Å². The first-order valence-corrected chi connectivity index (χ1v) is 19.4. The number of imide groups is 2. The Balaban J connectivity index is 0.963. The number of aromatic carboxylic acids is 2. The summed E-state index contributed by atoms with van der Waals surface area (Å²) < 4.78 is 27.3. The lowest BCUT2D eigenvalue weighted by Crippen LogP contribution is -2.29. The highest BCUT2D eigenvalue weighted by molar-refractivity contribution is 7.91. The van der Waals surface area contributed by atoms with E-state index in [1.165, 1.54) is 133 Å². The van der Waals surface area contributed by atoms with Crippen molar-refractivity contribution >= 4 is 80.0 Å². The molecule has 0 aliphatic carbocycles. The summed E-state index contributed by atoms with van der Waals surface area (Å²) >= 11 is 0. The Morgan fingerprint density at radius 2 is 0.787 bits per heavy atom. The quantitative estimate of drug-likeness (QED) is 0.116. The van der Waals surface area contributed by atoms with E-state index in [4.69, 9.17) is 0 Å². The number of carboxylic acid groups (broad SMARTS) is 2. The largest absolute Gasteiger partial charge is 0.478 e. The summed E-state index contributed by atoms with van der Waals surface area (Å²) in [5.41, 5.74) is -0.398. The zero-order valence-electron chi connectivity index (χ0n) is 31.0. The maximum Gasteiger partial charge on any atom is 0.337 e. The van der Waals surface area contributed by atoms with Gasteiger partial charge in [0.05, 0.1) is 65.9 Å². The van der Waals surface area contributed by atoms with Crippen molar-refractivity contribution in [3.05, 3.63) is 178 Å². The highest BCUT2D eigenvalue weighted by atomic mass is 32.2. The fourth-order valence-corrected chi connectivity index (χ4v) is 8.13. The van der Waals surface area contributed by atoms with Crippen molar-refractivity contribution in [2.75, 3.05) is 20.4 Å². The van der Waals surface area contributed by atoms with Crippen LogP contribution in [0.1, 0.15) is 82.9 Å². The monoisotopic (exact) mass is 834 g/mol. The number of para-hydroxylation sites is 2. The maximum atomic E-state index is 13.7. The van der Waals surface area contributed by atoms with Gasteiger partial charge in [-0.15, -0.1) is 0 Å². The number of carbonyl (C=O) groups excluding carboxylic acids is 6. The van der Waals surface area contributed by atoms with Gasteiger partial charge in [-0.05, 0) is 109 Å². The van der Waals surface area contributed by atoms with Gasteiger partial charge in [0.1, 0.15) is 0 Å². The van der Waals surface area contributed by atoms with Crippen molar-refractivity contribution in [1.29, 1.82) is 0 Å². The first-order valence-electron chi connectivity index (χ1n) is 17.9.